The number of aryl methyl sites for hydroxylation is 1. The summed E-state index contributed by atoms with van der Waals surface area (Å²) in [7, 11) is 0. The molecule has 2 aromatic heterocycles. The van der Waals surface area contributed by atoms with Gasteiger partial charge in [0.2, 0.25) is 0 Å². The van der Waals surface area contributed by atoms with E-state index in [1.165, 1.54) is 12.8 Å². The zero-order valence-electron chi connectivity index (χ0n) is 22.0. The lowest BCUT2D eigenvalue weighted by Crippen LogP contribution is -2.23. The van der Waals surface area contributed by atoms with Gasteiger partial charge in [0.15, 0.2) is 5.96 Å². The number of benzene rings is 1. The van der Waals surface area contributed by atoms with E-state index in [1.807, 2.05) is 43.5 Å². The average molecular weight is 485 g/mol. The van der Waals surface area contributed by atoms with Gasteiger partial charge in [0.1, 0.15) is 5.65 Å². The lowest BCUT2D eigenvalue weighted by Gasteiger charge is -2.08. The molecule has 0 spiro atoms. The van der Waals surface area contributed by atoms with E-state index in [0.717, 1.165) is 54.9 Å². The van der Waals surface area contributed by atoms with Gasteiger partial charge in [-0.2, -0.15) is 4.98 Å². The number of fused-ring (bicyclic) bond motifs is 1. The van der Waals surface area contributed by atoms with Gasteiger partial charge in [0.05, 0.1) is 5.69 Å². The van der Waals surface area contributed by atoms with Gasteiger partial charge in [-0.05, 0) is 63.2 Å². The molecule has 0 radical (unpaired) electrons. The van der Waals surface area contributed by atoms with E-state index in [1.54, 1.807) is 4.57 Å². The van der Waals surface area contributed by atoms with Crippen molar-refractivity contribution in [1.82, 2.24) is 25.2 Å². The summed E-state index contributed by atoms with van der Waals surface area (Å²) in [5.74, 6) is 0.123. The van der Waals surface area contributed by atoms with Crippen molar-refractivity contribution in [3.63, 3.8) is 0 Å². The fourth-order valence-corrected chi connectivity index (χ4v) is 3.09. The van der Waals surface area contributed by atoms with E-state index in [4.69, 9.17) is 11.5 Å². The second-order valence-electron chi connectivity index (χ2n) is 8.21. The maximum Gasteiger partial charge on any atom is 0.354 e. The largest absolute Gasteiger partial charge is 0.370 e. The molecule has 3 aromatic rings. The van der Waals surface area contributed by atoms with Crippen LogP contribution in [0.15, 0.2) is 46.3 Å². The first kappa shape index (κ1) is 29.9. The molecule has 2 heterocycles. The Bertz CT molecular complexity index is 1050. The monoisotopic (exact) mass is 484 g/mol. The first-order chi connectivity index (χ1) is 16.9. The Labute approximate surface area is 209 Å². The van der Waals surface area contributed by atoms with Gasteiger partial charge in [-0.3, -0.25) is 9.56 Å². The van der Waals surface area contributed by atoms with Crippen LogP contribution in [0, 0.1) is 6.92 Å². The van der Waals surface area contributed by atoms with Crippen LogP contribution in [-0.2, 0) is 6.54 Å². The van der Waals surface area contributed by atoms with Gasteiger partial charge in [0.25, 0.3) is 0 Å². The molecule has 0 saturated heterocycles. The Balaban J connectivity index is 0.000000586. The fourth-order valence-electron chi connectivity index (χ4n) is 3.09. The minimum Gasteiger partial charge on any atom is -0.370 e. The zero-order chi connectivity index (χ0) is 26.1. The molecule has 0 bridgehead atoms. The molecular weight excluding hydrogens is 440 g/mol. The molecule has 194 valence electrons. The van der Waals surface area contributed by atoms with Crippen LogP contribution in [0.25, 0.3) is 16.7 Å². The van der Waals surface area contributed by atoms with Crippen molar-refractivity contribution in [2.75, 3.05) is 26.2 Å². The Morgan fingerprint density at radius 1 is 1.09 bits per heavy atom. The van der Waals surface area contributed by atoms with Crippen molar-refractivity contribution in [2.45, 2.75) is 60.4 Å². The highest BCUT2D eigenvalue weighted by Gasteiger charge is 2.06. The molecule has 3 rings (SSSR count). The molecule has 9 nitrogen and oxygen atoms in total. The molecule has 0 aliphatic rings. The third kappa shape index (κ3) is 11.7. The molecule has 0 fully saturated rings. The van der Waals surface area contributed by atoms with Gasteiger partial charge in [-0.1, -0.05) is 46.2 Å². The fraction of sp³-hybridized carbons (Fsp3) is 0.500. The van der Waals surface area contributed by atoms with Crippen LogP contribution in [0.5, 0.6) is 0 Å². The number of hydrogen-bond acceptors (Lipinski definition) is 5. The SMILES string of the molecule is CCC.CCCNCC.Cc1cc2cn(-c3ccc(CNCCCN=C(N)N)cc3)c(=O)nc2[nH]1. The minimum absolute atomic E-state index is 0.123. The Hall–Kier alpha value is -3.17. The number of aliphatic imine (C=N–C) groups is 1. The number of guanidine groups is 1. The molecule has 0 saturated carbocycles. The molecular formula is C26H44N8O. The number of nitrogens with zero attached hydrogens (tertiary/aromatic N) is 3. The summed E-state index contributed by atoms with van der Waals surface area (Å²) in [4.78, 5) is 23.3. The first-order valence-corrected chi connectivity index (χ1v) is 12.5. The molecule has 7 N–H and O–H groups in total. The second-order valence-corrected chi connectivity index (χ2v) is 8.21. The molecule has 1 aromatic carbocycles. The maximum atomic E-state index is 12.2. The molecule has 0 aliphatic heterocycles. The summed E-state index contributed by atoms with van der Waals surface area (Å²) in [6.45, 7) is 14.9. The molecule has 9 heteroatoms. The van der Waals surface area contributed by atoms with Crippen LogP contribution in [0.1, 0.15) is 58.2 Å². The van der Waals surface area contributed by atoms with E-state index >= 15 is 0 Å². The van der Waals surface area contributed by atoms with E-state index < -0.39 is 0 Å². The van der Waals surface area contributed by atoms with E-state index in [0.29, 0.717) is 12.2 Å². The molecule has 0 aliphatic carbocycles. The predicted molar refractivity (Wildman–Crippen MR) is 148 cm³/mol. The number of aromatic amines is 1. The first-order valence-electron chi connectivity index (χ1n) is 12.5. The second kappa shape index (κ2) is 17.3. The summed E-state index contributed by atoms with van der Waals surface area (Å²) in [6, 6.07) is 9.81. The molecule has 35 heavy (non-hydrogen) atoms. The molecule has 0 unspecified atom stereocenters. The van der Waals surface area contributed by atoms with E-state index in [-0.39, 0.29) is 11.6 Å². The summed E-state index contributed by atoms with van der Waals surface area (Å²) in [6.07, 6.45) is 5.17. The van der Waals surface area contributed by atoms with Crippen LogP contribution in [0.4, 0.5) is 0 Å². The summed E-state index contributed by atoms with van der Waals surface area (Å²) < 4.78 is 1.56. The summed E-state index contributed by atoms with van der Waals surface area (Å²) in [5.41, 5.74) is 13.8. The van der Waals surface area contributed by atoms with Crippen LogP contribution in [-0.4, -0.2) is 46.7 Å². The standard InChI is InChI=1S/C18H23N7O.C5H13N.C3H8/c1-12-9-14-11-25(18(26)24-16(14)23-12)15-5-3-13(4-6-15)10-21-7-2-8-22-17(19)20;1-3-5-6-4-2;1-3-2/h3-6,9,11,21H,2,7-8,10H2,1H3,(H4,19,20,22)(H,23,24,26);6H,3-5H2,1-2H3;3H2,1-2H3. The number of hydrogen-bond donors (Lipinski definition) is 5. The van der Waals surface area contributed by atoms with E-state index in [9.17, 15) is 4.79 Å². The van der Waals surface area contributed by atoms with Gasteiger partial charge in [-0.25, -0.2) is 4.79 Å². The highest BCUT2D eigenvalue weighted by molar-refractivity contribution is 5.76. The number of H-pyrrole nitrogens is 1. The third-order valence-corrected chi connectivity index (χ3v) is 4.67. The Morgan fingerprint density at radius 2 is 1.77 bits per heavy atom. The number of rotatable bonds is 10. The minimum atomic E-state index is -0.301. The van der Waals surface area contributed by atoms with Crippen molar-refractivity contribution < 1.29 is 0 Å². The number of aromatic nitrogens is 3. The van der Waals surface area contributed by atoms with Crippen LogP contribution < -0.4 is 27.8 Å². The van der Waals surface area contributed by atoms with Crippen molar-refractivity contribution in [1.29, 1.82) is 0 Å². The average Bonchev–Trinajstić information content (AvgIpc) is 3.19. The van der Waals surface area contributed by atoms with Crippen molar-refractivity contribution in [3.8, 4) is 5.69 Å². The van der Waals surface area contributed by atoms with Crippen molar-refractivity contribution >= 4 is 17.0 Å². The predicted octanol–water partition coefficient (Wildman–Crippen LogP) is 3.20. The van der Waals surface area contributed by atoms with Crippen LogP contribution in [0.3, 0.4) is 0 Å². The molecule has 0 atom stereocenters. The smallest absolute Gasteiger partial charge is 0.354 e. The van der Waals surface area contributed by atoms with Crippen molar-refractivity contribution in [2.24, 2.45) is 16.5 Å². The lowest BCUT2D eigenvalue weighted by atomic mass is 10.2. The van der Waals surface area contributed by atoms with Gasteiger partial charge in [0, 0.05) is 30.4 Å². The normalized spacial score (nSPS) is 10.2. The Morgan fingerprint density at radius 3 is 2.34 bits per heavy atom. The number of nitrogens with one attached hydrogen (secondary N) is 3. The van der Waals surface area contributed by atoms with Crippen LogP contribution in [0.2, 0.25) is 0 Å². The molecule has 0 amide bonds. The highest BCUT2D eigenvalue weighted by atomic mass is 16.1. The van der Waals surface area contributed by atoms with Crippen molar-refractivity contribution in [3.05, 3.63) is 58.3 Å². The van der Waals surface area contributed by atoms with Crippen LogP contribution >= 0.6 is 0 Å². The topological polar surface area (TPSA) is 139 Å². The maximum absolute atomic E-state index is 12.2. The Kier molecular flexibility index (Phi) is 14.8. The van der Waals surface area contributed by atoms with Gasteiger partial charge < -0.3 is 27.1 Å². The zero-order valence-corrected chi connectivity index (χ0v) is 22.0. The lowest BCUT2D eigenvalue weighted by molar-refractivity contribution is 0.655. The summed E-state index contributed by atoms with van der Waals surface area (Å²) in [5, 5.41) is 7.45. The third-order valence-electron chi connectivity index (χ3n) is 4.67. The van der Waals surface area contributed by atoms with Gasteiger partial charge >= 0.3 is 5.69 Å². The summed E-state index contributed by atoms with van der Waals surface area (Å²) >= 11 is 0. The highest BCUT2D eigenvalue weighted by Crippen LogP contribution is 2.13. The van der Waals surface area contributed by atoms with Gasteiger partial charge in [-0.15, -0.1) is 0 Å². The quantitative estimate of drug-likeness (QED) is 0.170. The van der Waals surface area contributed by atoms with E-state index in [2.05, 4.69) is 53.3 Å². The number of nitrogens with two attached hydrogens (primary N) is 2.